The predicted molar refractivity (Wildman–Crippen MR) is 190 cm³/mol. The van der Waals surface area contributed by atoms with Gasteiger partial charge in [-0.05, 0) is 101 Å². The maximum absolute atomic E-state index is 6.41. The molecular weight excluding hydrogens is 544 g/mol. The van der Waals surface area contributed by atoms with Crippen LogP contribution in [-0.2, 0) is 0 Å². The van der Waals surface area contributed by atoms with Crippen molar-refractivity contribution in [3.63, 3.8) is 0 Å². The molecule has 0 radical (unpaired) electrons. The first-order valence-corrected chi connectivity index (χ1v) is 15.5. The van der Waals surface area contributed by atoms with Gasteiger partial charge in [-0.2, -0.15) is 0 Å². The zero-order valence-electron chi connectivity index (χ0n) is 24.4. The van der Waals surface area contributed by atoms with Crippen LogP contribution in [0, 0.1) is 0 Å². The maximum Gasteiger partial charge on any atom is 0.135 e. The molecule has 0 aliphatic carbocycles. The fourth-order valence-electron chi connectivity index (χ4n) is 7.62. The Hall–Kier alpha value is -5.92. The van der Waals surface area contributed by atoms with E-state index in [9.17, 15) is 0 Å². The molecule has 0 saturated carbocycles. The van der Waals surface area contributed by atoms with Gasteiger partial charge in [-0.1, -0.05) is 133 Å². The average Bonchev–Trinajstić information content (AvgIpc) is 3.11. The van der Waals surface area contributed by atoms with Crippen molar-refractivity contribution in [1.29, 1.82) is 0 Å². The highest BCUT2D eigenvalue weighted by atomic mass is 16.5. The molecule has 1 aliphatic rings. The van der Waals surface area contributed by atoms with Gasteiger partial charge in [0, 0.05) is 10.9 Å². The van der Waals surface area contributed by atoms with E-state index in [0.29, 0.717) is 0 Å². The van der Waals surface area contributed by atoms with Crippen molar-refractivity contribution in [3.05, 3.63) is 158 Å². The van der Waals surface area contributed by atoms with Crippen LogP contribution in [0.2, 0.25) is 0 Å². The Bertz CT molecular complexity index is 2680. The van der Waals surface area contributed by atoms with Crippen LogP contribution in [0.15, 0.2) is 158 Å². The highest BCUT2D eigenvalue weighted by Crippen LogP contribution is 2.49. The fraction of sp³-hybridized carbons (Fsp3) is 0. The van der Waals surface area contributed by atoms with Crippen LogP contribution in [0.25, 0.3) is 87.2 Å². The summed E-state index contributed by atoms with van der Waals surface area (Å²) in [4.78, 5) is 0. The summed E-state index contributed by atoms with van der Waals surface area (Å²) in [7, 11) is 0. The minimum Gasteiger partial charge on any atom is -0.456 e. The van der Waals surface area contributed by atoms with E-state index in [1.54, 1.807) is 0 Å². The maximum atomic E-state index is 6.41. The monoisotopic (exact) mass is 570 g/mol. The smallest absolute Gasteiger partial charge is 0.135 e. The number of ether oxygens (including phenoxy) is 1. The molecule has 0 fully saturated rings. The Morgan fingerprint density at radius 3 is 1.93 bits per heavy atom. The van der Waals surface area contributed by atoms with Crippen LogP contribution in [0.1, 0.15) is 0 Å². The van der Waals surface area contributed by atoms with E-state index in [1.165, 1.54) is 81.7 Å². The highest BCUT2D eigenvalue weighted by molar-refractivity contribution is 6.25. The van der Waals surface area contributed by atoms with E-state index in [1.807, 2.05) is 6.07 Å². The molecule has 1 aliphatic heterocycles. The summed E-state index contributed by atoms with van der Waals surface area (Å²) in [6.07, 6.45) is 0. The fourth-order valence-corrected chi connectivity index (χ4v) is 7.62. The second kappa shape index (κ2) is 9.29. The van der Waals surface area contributed by atoms with Crippen molar-refractivity contribution in [2.45, 2.75) is 0 Å². The lowest BCUT2D eigenvalue weighted by atomic mass is 9.86. The van der Waals surface area contributed by atoms with E-state index < -0.39 is 0 Å². The lowest BCUT2D eigenvalue weighted by molar-refractivity contribution is 0.487. The van der Waals surface area contributed by atoms with Gasteiger partial charge in [-0.25, -0.2) is 0 Å². The molecule has 9 aromatic rings. The van der Waals surface area contributed by atoms with Crippen LogP contribution in [-0.4, -0.2) is 0 Å². The standard InChI is InChI=1S/C44H26O/c1-3-13-32-27(9-1)21-22-38-39(32)26-31-20-19-28-10-2-4-14-34(28)42(31)43(38)30-12-7-11-29(25-30)33-23-24-41-44-36(33)16-8-17-37(44)35-15-5-6-18-40(35)45-41/h1-26H. The van der Waals surface area contributed by atoms with Gasteiger partial charge in [0.15, 0.2) is 0 Å². The molecule has 0 N–H and O–H groups in total. The topological polar surface area (TPSA) is 9.23 Å². The van der Waals surface area contributed by atoms with Crippen molar-refractivity contribution in [2.24, 2.45) is 0 Å². The Kier molecular flexibility index (Phi) is 5.06. The minimum absolute atomic E-state index is 0.912. The zero-order valence-corrected chi connectivity index (χ0v) is 24.4. The van der Waals surface area contributed by atoms with E-state index in [4.69, 9.17) is 4.74 Å². The summed E-state index contributed by atoms with van der Waals surface area (Å²) >= 11 is 0. The third kappa shape index (κ3) is 3.56. The molecule has 1 heterocycles. The number of para-hydroxylation sites is 1. The lowest BCUT2D eigenvalue weighted by Crippen LogP contribution is -1.97. The highest BCUT2D eigenvalue weighted by Gasteiger charge is 2.22. The molecule has 208 valence electrons. The molecule has 10 rings (SSSR count). The summed E-state index contributed by atoms with van der Waals surface area (Å²) in [6, 6.07) is 57.4. The average molecular weight is 571 g/mol. The van der Waals surface area contributed by atoms with Gasteiger partial charge in [0.25, 0.3) is 0 Å². The van der Waals surface area contributed by atoms with Gasteiger partial charge in [-0.3, -0.25) is 0 Å². The summed E-state index contributed by atoms with van der Waals surface area (Å²) < 4.78 is 6.41. The first kappa shape index (κ1) is 24.5. The summed E-state index contributed by atoms with van der Waals surface area (Å²) in [5, 5.41) is 12.6. The number of hydrogen-bond acceptors (Lipinski definition) is 1. The van der Waals surface area contributed by atoms with E-state index >= 15 is 0 Å². The van der Waals surface area contributed by atoms with Crippen molar-refractivity contribution >= 4 is 53.9 Å². The molecule has 1 nitrogen and oxygen atoms in total. The van der Waals surface area contributed by atoms with Crippen LogP contribution in [0.5, 0.6) is 11.5 Å². The van der Waals surface area contributed by atoms with Crippen LogP contribution < -0.4 is 4.74 Å². The van der Waals surface area contributed by atoms with Gasteiger partial charge in [0.2, 0.25) is 0 Å². The molecule has 9 aromatic carbocycles. The van der Waals surface area contributed by atoms with Crippen molar-refractivity contribution in [2.75, 3.05) is 0 Å². The molecule has 45 heavy (non-hydrogen) atoms. The third-order valence-electron chi connectivity index (χ3n) is 9.61. The van der Waals surface area contributed by atoms with Crippen molar-refractivity contribution in [3.8, 4) is 44.9 Å². The number of hydrogen-bond donors (Lipinski definition) is 0. The quantitative estimate of drug-likeness (QED) is 0.148. The molecule has 0 atom stereocenters. The molecule has 0 unspecified atom stereocenters. The van der Waals surface area contributed by atoms with Crippen molar-refractivity contribution in [1.82, 2.24) is 0 Å². The first-order valence-electron chi connectivity index (χ1n) is 15.5. The molecule has 0 bridgehead atoms. The van der Waals surface area contributed by atoms with Crippen molar-refractivity contribution < 1.29 is 4.74 Å². The molecule has 0 spiro atoms. The normalized spacial score (nSPS) is 12.2. The number of benzene rings is 9. The molecule has 0 amide bonds. The SMILES string of the molecule is c1cc(-c2ccc3c4c(cccc24)-c2ccccc2O3)cc(-c2c3ccc4ccccc4c3cc3ccc4ccccc4c23)c1. The van der Waals surface area contributed by atoms with Crippen LogP contribution in [0.4, 0.5) is 0 Å². The van der Waals surface area contributed by atoms with Gasteiger partial charge >= 0.3 is 0 Å². The molecule has 0 aromatic heterocycles. The zero-order chi connectivity index (χ0) is 29.5. The Morgan fingerprint density at radius 1 is 0.311 bits per heavy atom. The second-order valence-electron chi connectivity index (χ2n) is 12.0. The molecule has 1 heteroatoms. The third-order valence-corrected chi connectivity index (χ3v) is 9.61. The first-order chi connectivity index (χ1) is 22.3. The van der Waals surface area contributed by atoms with Gasteiger partial charge in [-0.15, -0.1) is 0 Å². The summed E-state index contributed by atoms with van der Waals surface area (Å²) in [5.74, 6) is 1.83. The van der Waals surface area contributed by atoms with E-state index in [2.05, 4.69) is 152 Å². The van der Waals surface area contributed by atoms with Gasteiger partial charge < -0.3 is 4.74 Å². The summed E-state index contributed by atoms with van der Waals surface area (Å²) in [5.41, 5.74) is 7.27. The minimum atomic E-state index is 0.912. The van der Waals surface area contributed by atoms with Crippen LogP contribution >= 0.6 is 0 Å². The Morgan fingerprint density at radius 2 is 1.00 bits per heavy atom. The summed E-state index contributed by atoms with van der Waals surface area (Å²) in [6.45, 7) is 0. The van der Waals surface area contributed by atoms with Gasteiger partial charge in [0.1, 0.15) is 11.5 Å². The molecule has 0 saturated heterocycles. The van der Waals surface area contributed by atoms with Crippen LogP contribution in [0.3, 0.4) is 0 Å². The largest absolute Gasteiger partial charge is 0.456 e. The van der Waals surface area contributed by atoms with E-state index in [-0.39, 0.29) is 0 Å². The Labute approximate surface area is 260 Å². The Balaban J connectivity index is 1.28. The van der Waals surface area contributed by atoms with Gasteiger partial charge in [0.05, 0.1) is 0 Å². The number of fused-ring (bicyclic) bond motifs is 8. The number of rotatable bonds is 2. The molecular formula is C44H26O. The second-order valence-corrected chi connectivity index (χ2v) is 12.0. The lowest BCUT2D eigenvalue weighted by Gasteiger charge is -2.22. The van der Waals surface area contributed by atoms with E-state index in [0.717, 1.165) is 17.1 Å². The predicted octanol–water partition coefficient (Wildman–Crippen LogP) is 12.6.